The van der Waals surface area contributed by atoms with Gasteiger partial charge in [0.15, 0.2) is 17.3 Å². The Kier molecular flexibility index (Phi) is 6.09. The molecule has 1 fully saturated rings. The molecule has 2 atom stereocenters. The molecule has 2 aromatic carbocycles. The molecule has 0 saturated heterocycles. The molecule has 0 N–H and O–H groups in total. The molecule has 1 heterocycles. The van der Waals surface area contributed by atoms with Crippen molar-refractivity contribution in [2.75, 3.05) is 19.7 Å². The summed E-state index contributed by atoms with van der Waals surface area (Å²) in [6, 6.07) is 13.4. The molecule has 34 heavy (non-hydrogen) atoms. The molecule has 0 spiro atoms. The summed E-state index contributed by atoms with van der Waals surface area (Å²) >= 11 is 1.30. The summed E-state index contributed by atoms with van der Waals surface area (Å²) < 4.78 is 16.2. The van der Waals surface area contributed by atoms with Gasteiger partial charge in [0, 0.05) is 17.1 Å². The highest BCUT2D eigenvalue weighted by Gasteiger charge is 2.45. The summed E-state index contributed by atoms with van der Waals surface area (Å²) in [6.07, 6.45) is 4.56. The van der Waals surface area contributed by atoms with Gasteiger partial charge in [-0.15, -0.1) is 0 Å². The van der Waals surface area contributed by atoms with Crippen LogP contribution in [0.1, 0.15) is 37.3 Å². The number of thioether (sulfide) groups is 1. The zero-order valence-corrected chi connectivity index (χ0v) is 20.2. The SMILES string of the molecule is CCSC(=O)C1=C(C)C=C2C/C(=C/c3ccc4c(c3)OCO4)C(=O)C2C1c1ccc(OC)cc1. The number of allylic oxidation sites excluding steroid dienone is 4. The molecule has 0 amide bonds. The van der Waals surface area contributed by atoms with Crippen molar-refractivity contribution in [3.63, 3.8) is 0 Å². The normalized spacial score (nSPS) is 22.1. The summed E-state index contributed by atoms with van der Waals surface area (Å²) in [5.41, 5.74) is 5.33. The maximum absolute atomic E-state index is 13.8. The first-order chi connectivity index (χ1) is 16.5. The van der Waals surface area contributed by atoms with Crippen LogP contribution in [0.5, 0.6) is 17.2 Å². The van der Waals surface area contributed by atoms with Gasteiger partial charge in [0.25, 0.3) is 0 Å². The fourth-order valence-corrected chi connectivity index (χ4v) is 5.76. The maximum atomic E-state index is 13.8. The summed E-state index contributed by atoms with van der Waals surface area (Å²) in [5.74, 6) is 2.22. The zero-order chi connectivity index (χ0) is 23.8. The Bertz CT molecular complexity index is 1250. The first-order valence-electron chi connectivity index (χ1n) is 11.4. The third-order valence-corrected chi connectivity index (χ3v) is 7.34. The van der Waals surface area contributed by atoms with Crippen LogP contribution in [0.25, 0.3) is 6.08 Å². The van der Waals surface area contributed by atoms with Crippen LogP contribution >= 0.6 is 11.8 Å². The van der Waals surface area contributed by atoms with Gasteiger partial charge in [0.2, 0.25) is 11.9 Å². The fraction of sp³-hybridized carbons (Fsp3) is 0.286. The van der Waals surface area contributed by atoms with E-state index in [-0.39, 0.29) is 29.5 Å². The van der Waals surface area contributed by atoms with Crippen LogP contribution in [0.2, 0.25) is 0 Å². The van der Waals surface area contributed by atoms with E-state index in [0.29, 0.717) is 23.7 Å². The van der Waals surface area contributed by atoms with Crippen LogP contribution in [-0.2, 0) is 9.59 Å². The molecular formula is C28H26O5S. The molecule has 2 aliphatic carbocycles. The van der Waals surface area contributed by atoms with Gasteiger partial charge < -0.3 is 14.2 Å². The van der Waals surface area contributed by atoms with E-state index in [4.69, 9.17) is 14.2 Å². The van der Waals surface area contributed by atoms with E-state index in [1.165, 1.54) is 11.8 Å². The zero-order valence-electron chi connectivity index (χ0n) is 19.4. The van der Waals surface area contributed by atoms with Crippen LogP contribution in [0.3, 0.4) is 0 Å². The van der Waals surface area contributed by atoms with E-state index in [1.54, 1.807) is 7.11 Å². The minimum absolute atomic E-state index is 0.0390. The Morgan fingerprint density at radius 2 is 1.88 bits per heavy atom. The summed E-state index contributed by atoms with van der Waals surface area (Å²) in [7, 11) is 1.63. The lowest BCUT2D eigenvalue weighted by molar-refractivity contribution is -0.117. The van der Waals surface area contributed by atoms with Crippen molar-refractivity contribution in [3.05, 3.63) is 82.0 Å². The Balaban J connectivity index is 1.55. The topological polar surface area (TPSA) is 61.8 Å². The number of benzene rings is 2. The lowest BCUT2D eigenvalue weighted by atomic mass is 9.72. The highest BCUT2D eigenvalue weighted by Crippen LogP contribution is 2.50. The monoisotopic (exact) mass is 474 g/mol. The lowest BCUT2D eigenvalue weighted by Gasteiger charge is -2.31. The number of carbonyl (C=O) groups is 2. The number of methoxy groups -OCH3 is 1. The van der Waals surface area contributed by atoms with E-state index >= 15 is 0 Å². The maximum Gasteiger partial charge on any atom is 0.231 e. The predicted molar refractivity (Wildman–Crippen MR) is 133 cm³/mol. The summed E-state index contributed by atoms with van der Waals surface area (Å²) in [4.78, 5) is 27.0. The minimum Gasteiger partial charge on any atom is -0.497 e. The summed E-state index contributed by atoms with van der Waals surface area (Å²) in [6.45, 7) is 4.16. The standard InChI is InChI=1S/C28H26O5S/c1-4-34-28(30)24-16(2)11-19-14-20(12-17-5-10-22-23(13-17)33-15-32-22)27(29)26(19)25(24)18-6-8-21(31-3)9-7-18/h5-13,25-26H,4,14-15H2,1-3H3/b20-12-. The van der Waals surface area contributed by atoms with Gasteiger partial charge in [-0.3, -0.25) is 9.59 Å². The second kappa shape index (κ2) is 9.18. The smallest absolute Gasteiger partial charge is 0.231 e. The van der Waals surface area contributed by atoms with Crippen molar-refractivity contribution in [2.45, 2.75) is 26.2 Å². The molecule has 0 bridgehead atoms. The first kappa shape index (κ1) is 22.5. The Morgan fingerprint density at radius 1 is 1.12 bits per heavy atom. The number of ether oxygens (including phenoxy) is 3. The van der Waals surface area contributed by atoms with Gasteiger partial charge in [-0.1, -0.05) is 48.5 Å². The van der Waals surface area contributed by atoms with Crippen molar-refractivity contribution in [3.8, 4) is 17.2 Å². The highest BCUT2D eigenvalue weighted by molar-refractivity contribution is 8.14. The van der Waals surface area contributed by atoms with Crippen LogP contribution < -0.4 is 14.2 Å². The van der Waals surface area contributed by atoms with Gasteiger partial charge >= 0.3 is 0 Å². The van der Waals surface area contributed by atoms with Crippen LogP contribution in [-0.4, -0.2) is 30.6 Å². The largest absolute Gasteiger partial charge is 0.497 e. The number of fused-ring (bicyclic) bond motifs is 2. The highest BCUT2D eigenvalue weighted by atomic mass is 32.2. The third kappa shape index (κ3) is 3.96. The van der Waals surface area contributed by atoms with Gasteiger partial charge in [0.1, 0.15) is 5.75 Å². The third-order valence-electron chi connectivity index (χ3n) is 6.57. The fourth-order valence-electron chi connectivity index (χ4n) is 5.05. The number of hydrogen-bond donors (Lipinski definition) is 0. The lowest BCUT2D eigenvalue weighted by Crippen LogP contribution is -2.27. The molecule has 2 aromatic rings. The van der Waals surface area contributed by atoms with Crippen LogP contribution in [0, 0.1) is 5.92 Å². The molecule has 1 saturated carbocycles. The summed E-state index contributed by atoms with van der Waals surface area (Å²) in [5, 5.41) is 0.0390. The number of hydrogen-bond acceptors (Lipinski definition) is 6. The number of carbonyl (C=O) groups excluding carboxylic acids is 2. The average molecular weight is 475 g/mol. The molecule has 3 aliphatic rings. The van der Waals surface area contributed by atoms with Crippen molar-refractivity contribution in [1.82, 2.24) is 0 Å². The molecule has 174 valence electrons. The second-order valence-electron chi connectivity index (χ2n) is 8.59. The molecule has 5 rings (SSSR count). The van der Waals surface area contributed by atoms with Crippen molar-refractivity contribution < 1.29 is 23.8 Å². The van der Waals surface area contributed by atoms with Crippen LogP contribution in [0.15, 0.2) is 70.8 Å². The molecule has 2 unspecified atom stereocenters. The van der Waals surface area contributed by atoms with E-state index in [1.807, 2.05) is 68.5 Å². The van der Waals surface area contributed by atoms with E-state index < -0.39 is 0 Å². The molecular weight excluding hydrogens is 448 g/mol. The van der Waals surface area contributed by atoms with E-state index in [2.05, 4.69) is 0 Å². The van der Waals surface area contributed by atoms with Crippen molar-refractivity contribution in [2.24, 2.45) is 5.92 Å². The van der Waals surface area contributed by atoms with Gasteiger partial charge in [-0.2, -0.15) is 0 Å². The molecule has 0 aromatic heterocycles. The minimum atomic E-state index is -0.381. The molecule has 0 radical (unpaired) electrons. The van der Waals surface area contributed by atoms with E-state index in [9.17, 15) is 9.59 Å². The first-order valence-corrected chi connectivity index (χ1v) is 12.4. The Labute approximate surface area is 203 Å². The quantitative estimate of drug-likeness (QED) is 0.517. The van der Waals surface area contributed by atoms with Crippen molar-refractivity contribution in [1.29, 1.82) is 0 Å². The van der Waals surface area contributed by atoms with E-state index in [0.717, 1.165) is 39.2 Å². The van der Waals surface area contributed by atoms with Gasteiger partial charge in [-0.05, 0) is 66.1 Å². The number of ketones is 1. The molecule has 1 aliphatic heterocycles. The predicted octanol–water partition coefficient (Wildman–Crippen LogP) is 5.72. The van der Waals surface area contributed by atoms with Crippen LogP contribution in [0.4, 0.5) is 0 Å². The molecule has 5 nitrogen and oxygen atoms in total. The number of rotatable bonds is 5. The van der Waals surface area contributed by atoms with Gasteiger partial charge in [0.05, 0.1) is 13.0 Å². The molecule has 6 heteroatoms. The Hall–Kier alpha value is -3.25. The second-order valence-corrected chi connectivity index (χ2v) is 9.83. The van der Waals surface area contributed by atoms with Gasteiger partial charge in [-0.25, -0.2) is 0 Å². The number of Topliss-reactive ketones (excluding diaryl/α,β-unsaturated/α-hetero) is 1. The Morgan fingerprint density at radius 3 is 2.62 bits per heavy atom. The van der Waals surface area contributed by atoms with Crippen molar-refractivity contribution >= 4 is 28.7 Å². The average Bonchev–Trinajstić information content (AvgIpc) is 3.42.